The SMILES string of the molecule is Cc1cncc(C(=O)N2CCC(CCc3noc(-c4ccc(F)cc4)n3)CC2)c1. The van der Waals surface area contributed by atoms with Crippen LogP contribution in [0.3, 0.4) is 0 Å². The molecule has 1 aliphatic heterocycles. The van der Waals surface area contributed by atoms with Gasteiger partial charge >= 0.3 is 0 Å². The predicted molar refractivity (Wildman–Crippen MR) is 106 cm³/mol. The van der Waals surface area contributed by atoms with Crippen LogP contribution in [0, 0.1) is 18.7 Å². The van der Waals surface area contributed by atoms with Gasteiger partial charge in [0.2, 0.25) is 0 Å². The highest BCUT2D eigenvalue weighted by Gasteiger charge is 2.24. The molecule has 0 unspecified atom stereocenters. The average Bonchev–Trinajstić information content (AvgIpc) is 3.22. The van der Waals surface area contributed by atoms with Gasteiger partial charge in [0.1, 0.15) is 5.82 Å². The van der Waals surface area contributed by atoms with Crippen molar-refractivity contribution in [3.8, 4) is 11.5 Å². The van der Waals surface area contributed by atoms with Crippen LogP contribution in [0.2, 0.25) is 0 Å². The number of hydrogen-bond donors (Lipinski definition) is 0. The van der Waals surface area contributed by atoms with E-state index in [2.05, 4.69) is 15.1 Å². The van der Waals surface area contributed by atoms with Gasteiger partial charge in [-0.1, -0.05) is 5.16 Å². The van der Waals surface area contributed by atoms with Crippen LogP contribution >= 0.6 is 0 Å². The maximum absolute atomic E-state index is 13.0. The number of aromatic nitrogens is 3. The summed E-state index contributed by atoms with van der Waals surface area (Å²) in [6.07, 6.45) is 7.00. The topological polar surface area (TPSA) is 72.1 Å². The number of piperidine rings is 1. The molecule has 150 valence electrons. The summed E-state index contributed by atoms with van der Waals surface area (Å²) < 4.78 is 18.3. The van der Waals surface area contributed by atoms with Gasteiger partial charge in [0, 0.05) is 37.5 Å². The minimum Gasteiger partial charge on any atom is -0.339 e. The molecule has 0 spiro atoms. The largest absolute Gasteiger partial charge is 0.339 e. The third-order valence-corrected chi connectivity index (χ3v) is 5.36. The van der Waals surface area contributed by atoms with Crippen molar-refractivity contribution in [2.45, 2.75) is 32.6 Å². The van der Waals surface area contributed by atoms with Crippen molar-refractivity contribution in [2.24, 2.45) is 5.92 Å². The van der Waals surface area contributed by atoms with E-state index in [1.165, 1.54) is 12.1 Å². The van der Waals surface area contributed by atoms with E-state index in [9.17, 15) is 9.18 Å². The summed E-state index contributed by atoms with van der Waals surface area (Å²) in [5.74, 6) is 1.36. The van der Waals surface area contributed by atoms with Crippen molar-refractivity contribution in [1.82, 2.24) is 20.0 Å². The van der Waals surface area contributed by atoms with Crippen LogP contribution < -0.4 is 0 Å². The van der Waals surface area contributed by atoms with E-state index in [0.29, 0.717) is 28.8 Å². The second-order valence-electron chi connectivity index (χ2n) is 7.55. The molecule has 6 nitrogen and oxygen atoms in total. The Labute approximate surface area is 168 Å². The average molecular weight is 394 g/mol. The van der Waals surface area contributed by atoms with Crippen LogP contribution in [0.1, 0.15) is 41.0 Å². The molecule has 0 bridgehead atoms. The highest BCUT2D eigenvalue weighted by molar-refractivity contribution is 5.94. The second kappa shape index (κ2) is 8.51. The Morgan fingerprint density at radius 1 is 1.21 bits per heavy atom. The Morgan fingerprint density at radius 2 is 1.97 bits per heavy atom. The van der Waals surface area contributed by atoms with Gasteiger partial charge in [0.15, 0.2) is 5.82 Å². The lowest BCUT2D eigenvalue weighted by molar-refractivity contribution is 0.0686. The molecule has 3 aromatic rings. The number of benzene rings is 1. The Kier molecular flexibility index (Phi) is 5.64. The molecule has 3 heterocycles. The van der Waals surface area contributed by atoms with Gasteiger partial charge in [-0.2, -0.15) is 4.98 Å². The van der Waals surface area contributed by atoms with Crippen LogP contribution in [0.5, 0.6) is 0 Å². The molecule has 2 aromatic heterocycles. The fourth-order valence-electron chi connectivity index (χ4n) is 3.68. The van der Waals surface area contributed by atoms with Crippen LogP contribution in [0.4, 0.5) is 4.39 Å². The van der Waals surface area contributed by atoms with E-state index >= 15 is 0 Å². The highest BCUT2D eigenvalue weighted by atomic mass is 19.1. The second-order valence-corrected chi connectivity index (χ2v) is 7.55. The first kappa shape index (κ1) is 19.2. The number of hydrogen-bond acceptors (Lipinski definition) is 5. The van der Waals surface area contributed by atoms with Crippen molar-refractivity contribution >= 4 is 5.91 Å². The molecular weight excluding hydrogens is 371 g/mol. The first-order chi connectivity index (χ1) is 14.1. The summed E-state index contributed by atoms with van der Waals surface area (Å²) in [5.41, 5.74) is 2.36. The number of pyridine rings is 1. The molecule has 1 aliphatic rings. The summed E-state index contributed by atoms with van der Waals surface area (Å²) in [6, 6.07) is 7.89. The first-order valence-corrected chi connectivity index (χ1v) is 9.88. The van der Waals surface area contributed by atoms with E-state index < -0.39 is 0 Å². The number of aryl methyl sites for hydroxylation is 2. The summed E-state index contributed by atoms with van der Waals surface area (Å²) in [4.78, 5) is 23.1. The maximum atomic E-state index is 13.0. The molecule has 0 radical (unpaired) electrons. The summed E-state index contributed by atoms with van der Waals surface area (Å²) in [7, 11) is 0. The van der Waals surface area contributed by atoms with E-state index in [0.717, 1.165) is 44.3 Å². The number of carbonyl (C=O) groups excluding carboxylic acids is 1. The van der Waals surface area contributed by atoms with Crippen molar-refractivity contribution < 1.29 is 13.7 Å². The van der Waals surface area contributed by atoms with Crippen molar-refractivity contribution in [2.75, 3.05) is 13.1 Å². The zero-order chi connectivity index (χ0) is 20.2. The summed E-state index contributed by atoms with van der Waals surface area (Å²) in [6.45, 7) is 3.45. The number of rotatable bonds is 5. The number of halogens is 1. The fourth-order valence-corrected chi connectivity index (χ4v) is 3.68. The smallest absolute Gasteiger partial charge is 0.257 e. The van der Waals surface area contributed by atoms with Gasteiger partial charge in [-0.05, 0) is 68.0 Å². The standard InChI is InChI=1S/C22H23FN4O2/c1-15-12-18(14-24-13-15)22(28)27-10-8-16(9-11-27)2-7-20-25-21(29-26-20)17-3-5-19(23)6-4-17/h3-6,12-14,16H,2,7-11H2,1H3. The molecule has 1 aromatic carbocycles. The number of nitrogens with zero attached hydrogens (tertiary/aromatic N) is 4. The minimum absolute atomic E-state index is 0.0572. The predicted octanol–water partition coefficient (Wildman–Crippen LogP) is 4.06. The third kappa shape index (κ3) is 4.67. The Bertz CT molecular complexity index is 978. The molecule has 1 fully saturated rings. The Hall–Kier alpha value is -3.09. The molecule has 1 amide bonds. The van der Waals surface area contributed by atoms with Gasteiger partial charge < -0.3 is 9.42 Å². The molecule has 0 atom stereocenters. The van der Waals surface area contributed by atoms with E-state index in [4.69, 9.17) is 4.52 Å². The van der Waals surface area contributed by atoms with Crippen LogP contribution in [0.15, 0.2) is 47.2 Å². The van der Waals surface area contributed by atoms with E-state index in [1.54, 1.807) is 24.5 Å². The number of carbonyl (C=O) groups is 1. The third-order valence-electron chi connectivity index (χ3n) is 5.36. The van der Waals surface area contributed by atoms with Crippen LogP contribution in [0.25, 0.3) is 11.5 Å². The zero-order valence-corrected chi connectivity index (χ0v) is 16.3. The zero-order valence-electron chi connectivity index (χ0n) is 16.3. The molecular formula is C22H23FN4O2. The minimum atomic E-state index is -0.294. The lowest BCUT2D eigenvalue weighted by Gasteiger charge is -2.32. The molecule has 0 N–H and O–H groups in total. The Balaban J connectivity index is 1.27. The molecule has 0 aliphatic carbocycles. The van der Waals surface area contributed by atoms with Gasteiger partial charge in [-0.15, -0.1) is 0 Å². The highest BCUT2D eigenvalue weighted by Crippen LogP contribution is 2.24. The molecule has 7 heteroatoms. The van der Waals surface area contributed by atoms with E-state index in [-0.39, 0.29) is 11.7 Å². The van der Waals surface area contributed by atoms with E-state index in [1.807, 2.05) is 17.9 Å². The fraction of sp³-hybridized carbons (Fsp3) is 0.364. The van der Waals surface area contributed by atoms with Gasteiger partial charge in [-0.25, -0.2) is 4.39 Å². The number of amides is 1. The molecule has 29 heavy (non-hydrogen) atoms. The van der Waals surface area contributed by atoms with Crippen LogP contribution in [-0.2, 0) is 6.42 Å². The number of likely N-dealkylation sites (tertiary alicyclic amines) is 1. The monoisotopic (exact) mass is 394 g/mol. The van der Waals surface area contributed by atoms with Crippen molar-refractivity contribution in [3.63, 3.8) is 0 Å². The quantitative estimate of drug-likeness (QED) is 0.652. The van der Waals surface area contributed by atoms with Crippen LogP contribution in [-0.4, -0.2) is 39.0 Å². The van der Waals surface area contributed by atoms with Gasteiger partial charge in [0.05, 0.1) is 5.56 Å². The maximum Gasteiger partial charge on any atom is 0.257 e. The molecule has 4 rings (SSSR count). The van der Waals surface area contributed by atoms with Crippen molar-refractivity contribution in [3.05, 3.63) is 65.5 Å². The lowest BCUT2D eigenvalue weighted by atomic mass is 9.92. The summed E-state index contributed by atoms with van der Waals surface area (Å²) in [5, 5.41) is 4.04. The Morgan fingerprint density at radius 3 is 2.69 bits per heavy atom. The van der Waals surface area contributed by atoms with Gasteiger partial charge in [0.25, 0.3) is 11.8 Å². The molecule has 0 saturated carbocycles. The summed E-state index contributed by atoms with van der Waals surface area (Å²) >= 11 is 0. The normalized spacial score (nSPS) is 14.9. The molecule has 1 saturated heterocycles. The lowest BCUT2D eigenvalue weighted by Crippen LogP contribution is -2.38. The van der Waals surface area contributed by atoms with Gasteiger partial charge in [-0.3, -0.25) is 9.78 Å². The first-order valence-electron chi connectivity index (χ1n) is 9.88. The van der Waals surface area contributed by atoms with Crippen molar-refractivity contribution in [1.29, 1.82) is 0 Å².